The third kappa shape index (κ3) is 6.78. The minimum atomic E-state index is -0.786. The van der Waals surface area contributed by atoms with Crippen LogP contribution in [-0.4, -0.2) is 36.1 Å². The van der Waals surface area contributed by atoms with Crippen molar-refractivity contribution in [1.29, 1.82) is 0 Å². The Kier molecular flexibility index (Phi) is 9.22. The van der Waals surface area contributed by atoms with Crippen LogP contribution in [0.4, 0.5) is 21.0 Å². The molecule has 8 nitrogen and oxygen atoms in total. The number of unbranched alkanes of at least 4 members (excludes halogenated alkanes) is 1. The van der Waals surface area contributed by atoms with Crippen LogP contribution >= 0.6 is 11.6 Å². The SMILES string of the molecule is CCCCN1C(=O)NC(c2cccc(NC(=O)Nc3ccc(Cl)cc3)c2)C(C(=O)OCC)=C1c1ccccc1. The summed E-state index contributed by atoms with van der Waals surface area (Å²) < 4.78 is 5.48. The second-order valence-electron chi connectivity index (χ2n) is 8.95. The Hall–Kier alpha value is -4.30. The van der Waals surface area contributed by atoms with E-state index in [0.29, 0.717) is 39.8 Å². The first-order valence-electron chi connectivity index (χ1n) is 12.9. The van der Waals surface area contributed by atoms with Crippen LogP contribution in [0.15, 0.2) is 84.4 Å². The van der Waals surface area contributed by atoms with Crippen LogP contribution in [0.25, 0.3) is 5.70 Å². The van der Waals surface area contributed by atoms with Gasteiger partial charge >= 0.3 is 18.0 Å². The van der Waals surface area contributed by atoms with Crippen molar-refractivity contribution in [1.82, 2.24) is 10.2 Å². The van der Waals surface area contributed by atoms with Crippen LogP contribution in [0.2, 0.25) is 5.02 Å². The number of halogens is 1. The minimum absolute atomic E-state index is 0.187. The third-order valence-corrected chi connectivity index (χ3v) is 6.44. The van der Waals surface area contributed by atoms with Crippen LogP contribution < -0.4 is 16.0 Å². The summed E-state index contributed by atoms with van der Waals surface area (Å²) >= 11 is 5.92. The van der Waals surface area contributed by atoms with Gasteiger partial charge in [0.05, 0.1) is 23.9 Å². The van der Waals surface area contributed by atoms with E-state index in [-0.39, 0.29) is 12.6 Å². The molecule has 0 aliphatic carbocycles. The first-order chi connectivity index (χ1) is 18.9. The largest absolute Gasteiger partial charge is 0.463 e. The van der Waals surface area contributed by atoms with Crippen molar-refractivity contribution in [2.45, 2.75) is 32.7 Å². The Morgan fingerprint density at radius 1 is 0.949 bits per heavy atom. The van der Waals surface area contributed by atoms with Crippen LogP contribution in [0.3, 0.4) is 0 Å². The first-order valence-corrected chi connectivity index (χ1v) is 13.3. The Morgan fingerprint density at radius 2 is 1.67 bits per heavy atom. The number of rotatable bonds is 9. The first kappa shape index (κ1) is 27.7. The fourth-order valence-corrected chi connectivity index (χ4v) is 4.52. The van der Waals surface area contributed by atoms with E-state index in [1.54, 1.807) is 60.4 Å². The smallest absolute Gasteiger partial charge is 0.338 e. The molecule has 0 bridgehead atoms. The molecular weight excluding hydrogens is 516 g/mol. The van der Waals surface area contributed by atoms with E-state index >= 15 is 0 Å². The molecule has 1 atom stereocenters. The molecule has 9 heteroatoms. The zero-order valence-electron chi connectivity index (χ0n) is 21.9. The number of amides is 4. The molecule has 1 heterocycles. The molecule has 1 unspecified atom stereocenters. The number of nitrogens with one attached hydrogen (secondary N) is 3. The summed E-state index contributed by atoms with van der Waals surface area (Å²) in [6.45, 7) is 4.43. The predicted octanol–water partition coefficient (Wildman–Crippen LogP) is 6.82. The average molecular weight is 547 g/mol. The van der Waals surface area contributed by atoms with Crippen LogP contribution in [-0.2, 0) is 9.53 Å². The van der Waals surface area contributed by atoms with E-state index in [4.69, 9.17) is 16.3 Å². The number of nitrogens with zero attached hydrogens (tertiary/aromatic N) is 1. The molecule has 3 N–H and O–H groups in total. The molecule has 0 radical (unpaired) electrons. The molecule has 1 aliphatic rings. The summed E-state index contributed by atoms with van der Waals surface area (Å²) in [5.41, 5.74) is 3.30. The van der Waals surface area contributed by atoms with Gasteiger partial charge in [0.1, 0.15) is 0 Å². The molecular formula is C30H31ClN4O4. The number of anilines is 2. The molecule has 39 heavy (non-hydrogen) atoms. The van der Waals surface area contributed by atoms with Gasteiger partial charge in [-0.1, -0.05) is 67.4 Å². The molecule has 202 valence electrons. The lowest BCUT2D eigenvalue weighted by Crippen LogP contribution is -2.48. The minimum Gasteiger partial charge on any atom is -0.463 e. The Balaban J connectivity index is 1.72. The van der Waals surface area contributed by atoms with Gasteiger partial charge in [-0.3, -0.25) is 4.90 Å². The van der Waals surface area contributed by atoms with Gasteiger partial charge < -0.3 is 20.7 Å². The zero-order chi connectivity index (χ0) is 27.8. The summed E-state index contributed by atoms with van der Waals surface area (Å²) in [7, 11) is 0. The van der Waals surface area contributed by atoms with Gasteiger partial charge in [0, 0.05) is 22.9 Å². The second-order valence-corrected chi connectivity index (χ2v) is 9.38. The number of urea groups is 2. The third-order valence-electron chi connectivity index (χ3n) is 6.18. The highest BCUT2D eigenvalue weighted by Crippen LogP contribution is 2.37. The molecule has 0 aromatic heterocycles. The number of hydrogen-bond acceptors (Lipinski definition) is 4. The van der Waals surface area contributed by atoms with Crippen molar-refractivity contribution < 1.29 is 19.1 Å². The molecule has 0 saturated heterocycles. The van der Waals surface area contributed by atoms with Gasteiger partial charge in [-0.15, -0.1) is 0 Å². The lowest BCUT2D eigenvalue weighted by atomic mass is 9.91. The average Bonchev–Trinajstić information content (AvgIpc) is 2.93. The molecule has 1 aliphatic heterocycles. The van der Waals surface area contributed by atoms with E-state index in [9.17, 15) is 14.4 Å². The Labute approximate surface area is 233 Å². The van der Waals surface area contributed by atoms with E-state index in [1.165, 1.54) is 0 Å². The lowest BCUT2D eigenvalue weighted by Gasteiger charge is -2.37. The van der Waals surface area contributed by atoms with E-state index in [0.717, 1.165) is 18.4 Å². The van der Waals surface area contributed by atoms with E-state index in [1.807, 2.05) is 37.3 Å². The summed E-state index contributed by atoms with van der Waals surface area (Å²) in [6, 6.07) is 21.6. The predicted molar refractivity (Wildman–Crippen MR) is 153 cm³/mol. The molecule has 3 aromatic carbocycles. The summed E-state index contributed by atoms with van der Waals surface area (Å²) in [5.74, 6) is -0.512. The monoisotopic (exact) mass is 546 g/mol. The van der Waals surface area contributed by atoms with Crippen molar-refractivity contribution >= 4 is 46.7 Å². The number of ether oxygens (including phenoxy) is 1. The van der Waals surface area contributed by atoms with Crippen LogP contribution in [0, 0.1) is 0 Å². The van der Waals surface area contributed by atoms with E-state index < -0.39 is 18.0 Å². The normalized spacial score (nSPS) is 15.0. The van der Waals surface area contributed by atoms with Gasteiger partial charge in [-0.2, -0.15) is 0 Å². The Morgan fingerprint density at radius 3 is 2.36 bits per heavy atom. The van der Waals surface area contributed by atoms with Crippen molar-refractivity contribution in [2.75, 3.05) is 23.8 Å². The highest BCUT2D eigenvalue weighted by atomic mass is 35.5. The molecule has 4 amide bonds. The quantitative estimate of drug-likeness (QED) is 0.256. The maximum absolute atomic E-state index is 13.4. The molecule has 4 rings (SSSR count). The van der Waals surface area contributed by atoms with Crippen LogP contribution in [0.1, 0.15) is 43.9 Å². The topological polar surface area (TPSA) is 99.8 Å². The molecule has 3 aromatic rings. The maximum atomic E-state index is 13.4. The van der Waals surface area contributed by atoms with Gasteiger partial charge in [0.25, 0.3) is 0 Å². The van der Waals surface area contributed by atoms with Crippen LogP contribution in [0.5, 0.6) is 0 Å². The highest BCUT2D eigenvalue weighted by Gasteiger charge is 2.38. The van der Waals surface area contributed by atoms with Gasteiger partial charge in [0.15, 0.2) is 0 Å². The summed E-state index contributed by atoms with van der Waals surface area (Å²) in [6.07, 6.45) is 1.66. The second kappa shape index (κ2) is 13.0. The van der Waals surface area contributed by atoms with Gasteiger partial charge in [0.2, 0.25) is 0 Å². The van der Waals surface area contributed by atoms with Gasteiger partial charge in [-0.25, -0.2) is 14.4 Å². The zero-order valence-corrected chi connectivity index (χ0v) is 22.6. The lowest BCUT2D eigenvalue weighted by molar-refractivity contribution is -0.138. The fourth-order valence-electron chi connectivity index (χ4n) is 4.39. The molecule has 0 saturated carbocycles. The summed E-state index contributed by atoms with van der Waals surface area (Å²) in [5, 5.41) is 9.12. The van der Waals surface area contributed by atoms with Gasteiger partial charge in [-0.05, 0) is 60.9 Å². The van der Waals surface area contributed by atoms with Crippen molar-refractivity contribution in [2.24, 2.45) is 0 Å². The standard InChI is InChI=1S/C30H31ClN4O4/c1-3-5-18-35-27(20-10-7-6-8-11-20)25(28(36)39-4-2)26(34-30(35)38)21-12-9-13-24(19-21)33-29(37)32-23-16-14-22(31)15-17-23/h6-17,19,26H,3-5,18H2,1-2H3,(H,34,38)(H2,32,33,37). The number of hydrogen-bond donors (Lipinski definition) is 3. The molecule has 0 fully saturated rings. The number of carbonyl (C=O) groups is 3. The highest BCUT2D eigenvalue weighted by molar-refractivity contribution is 6.30. The van der Waals surface area contributed by atoms with Crippen molar-refractivity contribution in [3.63, 3.8) is 0 Å². The number of esters is 1. The fraction of sp³-hybridized carbons (Fsp3) is 0.233. The van der Waals surface area contributed by atoms with E-state index in [2.05, 4.69) is 16.0 Å². The van der Waals surface area contributed by atoms with Crippen molar-refractivity contribution in [3.8, 4) is 0 Å². The maximum Gasteiger partial charge on any atom is 0.338 e. The Bertz CT molecular complexity index is 1360. The number of benzene rings is 3. The molecule has 0 spiro atoms. The number of carbonyl (C=O) groups excluding carboxylic acids is 3. The summed E-state index contributed by atoms with van der Waals surface area (Å²) in [4.78, 5) is 41.1. The van der Waals surface area contributed by atoms with Crippen molar-refractivity contribution in [3.05, 3.63) is 101 Å².